The smallest absolute Gasteiger partial charge is 0.387 e. The normalized spacial score (nSPS) is 10.3. The van der Waals surface area contributed by atoms with Gasteiger partial charge >= 0.3 is 18.5 Å². The molecule has 0 bridgehead atoms. The molecule has 2 amide bonds. The molecule has 0 saturated carbocycles. The van der Waals surface area contributed by atoms with Gasteiger partial charge < -0.3 is 18.6 Å². The maximum atomic E-state index is 12.4. The molecule has 0 saturated heterocycles. The number of furan rings is 1. The lowest BCUT2D eigenvalue weighted by atomic mass is 10.2. The number of carbonyl (C=O) groups excluding carboxylic acids is 3. The lowest BCUT2D eigenvalue weighted by Gasteiger charge is -2.12. The van der Waals surface area contributed by atoms with Gasteiger partial charge in [0.2, 0.25) is 0 Å². The molecule has 0 spiro atoms. The first kappa shape index (κ1) is 20.7. The quantitative estimate of drug-likeness (QED) is 0.515. The number of nitrogens with one attached hydrogen (secondary N) is 2. The molecule has 28 heavy (non-hydrogen) atoms. The van der Waals surface area contributed by atoms with Crippen LogP contribution in [0, 0.1) is 0 Å². The van der Waals surface area contributed by atoms with Crippen molar-refractivity contribution < 1.29 is 41.8 Å². The van der Waals surface area contributed by atoms with Crippen LogP contribution in [0.25, 0.3) is 0 Å². The summed E-state index contributed by atoms with van der Waals surface area (Å²) in [5.74, 6) is -2.75. The molecule has 0 radical (unpaired) electrons. The number of halogens is 2. The van der Waals surface area contributed by atoms with Gasteiger partial charge in [-0.3, -0.25) is 20.4 Å². The zero-order valence-electron chi connectivity index (χ0n) is 14.6. The molecule has 2 N–H and O–H groups in total. The molecule has 150 valence electrons. The third kappa shape index (κ3) is 5.97. The molecule has 1 aromatic heterocycles. The van der Waals surface area contributed by atoms with Crippen LogP contribution in [-0.2, 0) is 9.53 Å². The van der Waals surface area contributed by atoms with E-state index in [1.807, 2.05) is 5.43 Å². The van der Waals surface area contributed by atoms with Crippen molar-refractivity contribution in [2.24, 2.45) is 0 Å². The molecule has 9 nitrogen and oxygen atoms in total. The van der Waals surface area contributed by atoms with Gasteiger partial charge in [-0.25, -0.2) is 4.79 Å². The van der Waals surface area contributed by atoms with Crippen LogP contribution in [0.4, 0.5) is 8.78 Å². The zero-order valence-corrected chi connectivity index (χ0v) is 14.6. The lowest BCUT2D eigenvalue weighted by Crippen LogP contribution is -2.43. The van der Waals surface area contributed by atoms with E-state index in [1.54, 1.807) is 6.92 Å². The van der Waals surface area contributed by atoms with E-state index in [1.165, 1.54) is 24.5 Å². The molecular formula is C17H16F2N2O7. The maximum absolute atomic E-state index is 12.4. The molecule has 2 aromatic rings. The zero-order chi connectivity index (χ0) is 20.5. The molecule has 0 atom stereocenters. The summed E-state index contributed by atoms with van der Waals surface area (Å²) in [6, 6.07) is 6.34. The highest BCUT2D eigenvalue weighted by Crippen LogP contribution is 2.30. The molecule has 0 fully saturated rings. The molecule has 2 rings (SSSR count). The summed E-state index contributed by atoms with van der Waals surface area (Å²) in [6.07, 6.45) is 1.28. The first-order chi connectivity index (χ1) is 13.4. The summed E-state index contributed by atoms with van der Waals surface area (Å²) < 4.78 is 43.8. The average Bonchev–Trinajstić information content (AvgIpc) is 3.20. The molecule has 0 unspecified atom stereocenters. The summed E-state index contributed by atoms with van der Waals surface area (Å²) in [5, 5.41) is 0. The summed E-state index contributed by atoms with van der Waals surface area (Å²) in [6.45, 7) is -1.98. The standard InChI is InChI=1S/C17H16F2N2O7/c1-2-25-13-8-10(5-6-11(13)28-17(18)19)16(24)27-9-14(22)20-21-15(23)12-4-3-7-26-12/h3-8,17H,2,9H2,1H3,(H,20,22)(H,21,23). The van der Waals surface area contributed by atoms with E-state index in [-0.39, 0.29) is 29.4 Å². The van der Waals surface area contributed by atoms with E-state index in [0.29, 0.717) is 0 Å². The SMILES string of the molecule is CCOc1cc(C(=O)OCC(=O)NNC(=O)c2ccco2)ccc1OC(F)F. The Labute approximate surface area is 157 Å². The second-order valence-electron chi connectivity index (χ2n) is 5.03. The van der Waals surface area contributed by atoms with E-state index in [2.05, 4.69) is 10.2 Å². The van der Waals surface area contributed by atoms with Crippen LogP contribution < -0.4 is 20.3 Å². The van der Waals surface area contributed by atoms with Gasteiger partial charge in [0.1, 0.15) is 0 Å². The number of benzene rings is 1. The van der Waals surface area contributed by atoms with E-state index in [4.69, 9.17) is 13.9 Å². The van der Waals surface area contributed by atoms with Gasteiger partial charge in [-0.15, -0.1) is 0 Å². The highest BCUT2D eigenvalue weighted by atomic mass is 19.3. The van der Waals surface area contributed by atoms with Crippen LogP contribution in [0.1, 0.15) is 27.8 Å². The van der Waals surface area contributed by atoms with E-state index in [9.17, 15) is 23.2 Å². The van der Waals surface area contributed by atoms with Crippen molar-refractivity contribution in [1.82, 2.24) is 10.9 Å². The molecule has 1 heterocycles. The van der Waals surface area contributed by atoms with Gasteiger partial charge in [-0.1, -0.05) is 0 Å². The van der Waals surface area contributed by atoms with Gasteiger partial charge in [-0.05, 0) is 37.3 Å². The fourth-order valence-corrected chi connectivity index (χ4v) is 1.94. The van der Waals surface area contributed by atoms with Crippen LogP contribution in [0.3, 0.4) is 0 Å². The Morgan fingerprint density at radius 2 is 1.93 bits per heavy atom. The number of esters is 1. The topological polar surface area (TPSA) is 116 Å². The van der Waals surface area contributed by atoms with Crippen LogP contribution in [0.2, 0.25) is 0 Å². The van der Waals surface area contributed by atoms with Crippen LogP contribution in [0.15, 0.2) is 41.0 Å². The Balaban J connectivity index is 1.88. The number of amides is 2. The lowest BCUT2D eigenvalue weighted by molar-refractivity contribution is -0.125. The van der Waals surface area contributed by atoms with Crippen LogP contribution >= 0.6 is 0 Å². The third-order valence-electron chi connectivity index (χ3n) is 3.09. The largest absolute Gasteiger partial charge is 0.490 e. The van der Waals surface area contributed by atoms with Gasteiger partial charge in [-0.2, -0.15) is 8.78 Å². The number of hydrogen-bond acceptors (Lipinski definition) is 7. The Morgan fingerprint density at radius 1 is 1.14 bits per heavy atom. The van der Waals surface area contributed by atoms with Crippen molar-refractivity contribution in [3.05, 3.63) is 47.9 Å². The average molecular weight is 398 g/mol. The minimum Gasteiger partial charge on any atom is -0.490 e. The second kappa shape index (κ2) is 9.90. The van der Waals surface area contributed by atoms with Crippen molar-refractivity contribution in [2.75, 3.05) is 13.2 Å². The molecule has 11 heteroatoms. The number of ether oxygens (including phenoxy) is 3. The van der Waals surface area contributed by atoms with Gasteiger partial charge in [0, 0.05) is 0 Å². The van der Waals surface area contributed by atoms with Crippen molar-refractivity contribution in [3.63, 3.8) is 0 Å². The second-order valence-corrected chi connectivity index (χ2v) is 5.03. The highest BCUT2D eigenvalue weighted by molar-refractivity contribution is 5.94. The predicted octanol–water partition coefficient (Wildman–Crippen LogP) is 1.90. The van der Waals surface area contributed by atoms with E-state index >= 15 is 0 Å². The van der Waals surface area contributed by atoms with Crippen LogP contribution in [0.5, 0.6) is 11.5 Å². The van der Waals surface area contributed by atoms with Crippen molar-refractivity contribution >= 4 is 17.8 Å². The summed E-state index contributed by atoms with van der Waals surface area (Å²) in [5.41, 5.74) is 4.06. The molecule has 0 aliphatic rings. The molecule has 1 aromatic carbocycles. The summed E-state index contributed by atoms with van der Waals surface area (Å²) >= 11 is 0. The highest BCUT2D eigenvalue weighted by Gasteiger charge is 2.17. The van der Waals surface area contributed by atoms with E-state index in [0.717, 1.165) is 12.1 Å². The minimum absolute atomic E-state index is 0.0214. The maximum Gasteiger partial charge on any atom is 0.387 e. The fraction of sp³-hybridized carbons (Fsp3) is 0.235. The molecule has 0 aliphatic carbocycles. The number of carbonyl (C=O) groups is 3. The monoisotopic (exact) mass is 398 g/mol. The number of alkyl halides is 2. The number of hydrogen-bond donors (Lipinski definition) is 2. The fourth-order valence-electron chi connectivity index (χ4n) is 1.94. The molecule has 0 aliphatic heterocycles. The Hall–Kier alpha value is -3.63. The number of rotatable bonds is 8. The van der Waals surface area contributed by atoms with Gasteiger partial charge in [0.15, 0.2) is 23.9 Å². The Kier molecular flexibility index (Phi) is 7.31. The van der Waals surface area contributed by atoms with E-state index < -0.39 is 31.0 Å². The summed E-state index contributed by atoms with van der Waals surface area (Å²) in [7, 11) is 0. The Morgan fingerprint density at radius 3 is 2.57 bits per heavy atom. The molecular weight excluding hydrogens is 382 g/mol. The Bertz CT molecular complexity index is 825. The minimum atomic E-state index is -3.06. The summed E-state index contributed by atoms with van der Waals surface area (Å²) in [4.78, 5) is 35.2. The van der Waals surface area contributed by atoms with Crippen molar-refractivity contribution in [1.29, 1.82) is 0 Å². The number of hydrazine groups is 1. The third-order valence-corrected chi connectivity index (χ3v) is 3.09. The van der Waals surface area contributed by atoms with Crippen molar-refractivity contribution in [2.45, 2.75) is 13.5 Å². The van der Waals surface area contributed by atoms with Gasteiger partial charge in [0.05, 0.1) is 18.4 Å². The predicted molar refractivity (Wildman–Crippen MR) is 88.8 cm³/mol. The van der Waals surface area contributed by atoms with Gasteiger partial charge in [0.25, 0.3) is 5.91 Å². The first-order valence-corrected chi connectivity index (χ1v) is 7.92. The van der Waals surface area contributed by atoms with Crippen LogP contribution in [-0.4, -0.2) is 37.6 Å². The first-order valence-electron chi connectivity index (χ1n) is 7.92. The van der Waals surface area contributed by atoms with Crippen molar-refractivity contribution in [3.8, 4) is 11.5 Å².